The number of nitrogens with one attached hydrogen (secondary N) is 1. The molecule has 0 saturated heterocycles. The normalized spacial score (nSPS) is 9.60. The number of hydrogen-bond acceptors (Lipinski definition) is 1. The van der Waals surface area contributed by atoms with Gasteiger partial charge in [-0.05, 0) is 0 Å². The predicted molar refractivity (Wildman–Crippen MR) is 45.4 cm³/mol. The van der Waals surface area contributed by atoms with Crippen LogP contribution in [-0.2, 0) is 0 Å². The summed E-state index contributed by atoms with van der Waals surface area (Å²) in [6.07, 6.45) is 1.80. The molecule has 0 atom stereocenters. The highest BCUT2D eigenvalue weighted by atomic mass is 15.1. The van der Waals surface area contributed by atoms with Crippen molar-refractivity contribution in [1.82, 2.24) is 4.90 Å². The van der Waals surface area contributed by atoms with Crippen molar-refractivity contribution < 1.29 is 0 Å². The van der Waals surface area contributed by atoms with Crippen LogP contribution < -0.4 is 0 Å². The Morgan fingerprint density at radius 1 is 1.70 bits per heavy atom. The zero-order chi connectivity index (χ0) is 8.15. The van der Waals surface area contributed by atoms with Crippen LogP contribution in [0.2, 0.25) is 0 Å². The molecule has 10 heavy (non-hydrogen) atoms. The van der Waals surface area contributed by atoms with Gasteiger partial charge < -0.3 is 4.90 Å². The third-order valence-corrected chi connectivity index (χ3v) is 1.36. The van der Waals surface area contributed by atoms with Crippen molar-refractivity contribution in [2.45, 2.75) is 13.8 Å². The number of hydrogen-bond donors (Lipinski definition) is 1. The fraction of sp³-hybridized carbons (Fsp3) is 0.625. The molecule has 0 fully saturated rings. The monoisotopic (exact) mass is 140 g/mol. The largest absolute Gasteiger partial charge is 0.360 e. The molecule has 0 heterocycles. The van der Waals surface area contributed by atoms with E-state index < -0.39 is 0 Å². The lowest BCUT2D eigenvalue weighted by atomic mass is 10.2. The maximum atomic E-state index is 7.53. The van der Waals surface area contributed by atoms with E-state index in [4.69, 9.17) is 5.41 Å². The van der Waals surface area contributed by atoms with Crippen molar-refractivity contribution in [3.63, 3.8) is 0 Å². The van der Waals surface area contributed by atoms with Crippen LogP contribution in [0.25, 0.3) is 0 Å². The van der Waals surface area contributed by atoms with Gasteiger partial charge in [0, 0.05) is 19.5 Å². The first-order chi connectivity index (χ1) is 4.59. The molecule has 0 aliphatic heterocycles. The summed E-state index contributed by atoms with van der Waals surface area (Å²) in [6.45, 7) is 8.40. The molecule has 0 amide bonds. The first-order valence-electron chi connectivity index (χ1n) is 3.50. The third kappa shape index (κ3) is 2.67. The summed E-state index contributed by atoms with van der Waals surface area (Å²) in [4.78, 5) is 1.89. The molecule has 0 aromatic rings. The van der Waals surface area contributed by atoms with Crippen LogP contribution in [0.15, 0.2) is 12.7 Å². The van der Waals surface area contributed by atoms with E-state index in [1.165, 1.54) is 0 Å². The Balaban J connectivity index is 3.81. The molecule has 0 aromatic heterocycles. The summed E-state index contributed by atoms with van der Waals surface area (Å²) in [5.74, 6) is 0.977. The molecule has 0 bridgehead atoms. The standard InChI is InChI=1S/C8H16N2/c1-5-6-10(4)8(9)7(2)3/h5,7,9H,1,6H2,2-4H3. The van der Waals surface area contributed by atoms with Gasteiger partial charge in [-0.2, -0.15) is 0 Å². The number of amidine groups is 1. The number of rotatable bonds is 3. The van der Waals surface area contributed by atoms with Crippen molar-refractivity contribution in [2.75, 3.05) is 13.6 Å². The van der Waals surface area contributed by atoms with Crippen LogP contribution in [0.4, 0.5) is 0 Å². The van der Waals surface area contributed by atoms with Gasteiger partial charge in [0.15, 0.2) is 0 Å². The Labute approximate surface area is 63.0 Å². The van der Waals surface area contributed by atoms with Crippen molar-refractivity contribution in [3.05, 3.63) is 12.7 Å². The smallest absolute Gasteiger partial charge is 0.0984 e. The molecular weight excluding hydrogens is 124 g/mol. The Hall–Kier alpha value is -0.790. The summed E-state index contributed by atoms with van der Waals surface area (Å²) in [5, 5.41) is 7.53. The first-order valence-corrected chi connectivity index (χ1v) is 3.50. The van der Waals surface area contributed by atoms with Crippen LogP contribution in [0.5, 0.6) is 0 Å². The SMILES string of the molecule is C=CCN(C)C(=N)C(C)C. The van der Waals surface area contributed by atoms with Crippen LogP contribution >= 0.6 is 0 Å². The van der Waals surface area contributed by atoms with E-state index in [-0.39, 0.29) is 0 Å². The highest BCUT2D eigenvalue weighted by Crippen LogP contribution is 1.98. The van der Waals surface area contributed by atoms with Crippen LogP contribution in [0.3, 0.4) is 0 Å². The van der Waals surface area contributed by atoms with Crippen molar-refractivity contribution in [1.29, 1.82) is 5.41 Å². The molecule has 2 heteroatoms. The maximum absolute atomic E-state index is 7.53. The van der Waals surface area contributed by atoms with E-state index in [0.29, 0.717) is 11.8 Å². The molecule has 1 N–H and O–H groups in total. The van der Waals surface area contributed by atoms with Gasteiger partial charge in [0.1, 0.15) is 0 Å². The summed E-state index contributed by atoms with van der Waals surface area (Å²) < 4.78 is 0. The molecule has 0 aromatic carbocycles. The number of nitrogens with zero attached hydrogens (tertiary/aromatic N) is 1. The topological polar surface area (TPSA) is 27.1 Å². The quantitative estimate of drug-likeness (QED) is 0.361. The van der Waals surface area contributed by atoms with Gasteiger partial charge in [0.25, 0.3) is 0 Å². The zero-order valence-electron chi connectivity index (χ0n) is 7.02. The molecule has 0 aliphatic carbocycles. The average molecular weight is 140 g/mol. The second-order valence-corrected chi connectivity index (χ2v) is 2.71. The molecule has 0 aliphatic rings. The summed E-state index contributed by atoms with van der Waals surface area (Å²) in [6, 6.07) is 0. The molecule has 0 unspecified atom stereocenters. The summed E-state index contributed by atoms with van der Waals surface area (Å²) >= 11 is 0. The Morgan fingerprint density at radius 3 is 2.50 bits per heavy atom. The minimum absolute atomic E-state index is 0.310. The lowest BCUT2D eigenvalue weighted by Gasteiger charge is -2.20. The van der Waals surface area contributed by atoms with E-state index >= 15 is 0 Å². The van der Waals surface area contributed by atoms with Crippen molar-refractivity contribution in [3.8, 4) is 0 Å². The minimum atomic E-state index is 0.310. The molecule has 0 spiro atoms. The van der Waals surface area contributed by atoms with Gasteiger partial charge in [0.2, 0.25) is 0 Å². The molecule has 58 valence electrons. The lowest BCUT2D eigenvalue weighted by Crippen LogP contribution is -2.29. The fourth-order valence-corrected chi connectivity index (χ4v) is 0.733. The molecular formula is C8H16N2. The third-order valence-electron chi connectivity index (χ3n) is 1.36. The van der Waals surface area contributed by atoms with Crippen molar-refractivity contribution in [2.24, 2.45) is 5.92 Å². The van der Waals surface area contributed by atoms with Gasteiger partial charge in [-0.25, -0.2) is 0 Å². The van der Waals surface area contributed by atoms with Crippen LogP contribution in [0, 0.1) is 11.3 Å². The second-order valence-electron chi connectivity index (χ2n) is 2.71. The average Bonchev–Trinajstić information content (AvgIpc) is 1.87. The van der Waals surface area contributed by atoms with Crippen LogP contribution in [-0.4, -0.2) is 24.3 Å². The summed E-state index contributed by atoms with van der Waals surface area (Å²) in [5.41, 5.74) is 0. The summed E-state index contributed by atoms with van der Waals surface area (Å²) in [7, 11) is 1.91. The zero-order valence-corrected chi connectivity index (χ0v) is 7.02. The van der Waals surface area contributed by atoms with E-state index in [9.17, 15) is 0 Å². The van der Waals surface area contributed by atoms with Crippen LogP contribution in [0.1, 0.15) is 13.8 Å². The fourth-order valence-electron chi connectivity index (χ4n) is 0.733. The Kier molecular flexibility index (Phi) is 3.77. The predicted octanol–water partition coefficient (Wildman–Crippen LogP) is 1.74. The number of likely N-dealkylation sites (N-methyl/N-ethyl adjacent to an activating group) is 1. The second kappa shape index (κ2) is 4.09. The minimum Gasteiger partial charge on any atom is -0.360 e. The lowest BCUT2D eigenvalue weighted by molar-refractivity contribution is 0.523. The van der Waals surface area contributed by atoms with Gasteiger partial charge in [-0.1, -0.05) is 19.9 Å². The molecule has 0 saturated carbocycles. The molecule has 0 radical (unpaired) electrons. The van der Waals surface area contributed by atoms with Gasteiger partial charge >= 0.3 is 0 Å². The maximum Gasteiger partial charge on any atom is 0.0984 e. The van der Waals surface area contributed by atoms with E-state index in [1.54, 1.807) is 6.08 Å². The first kappa shape index (κ1) is 9.21. The van der Waals surface area contributed by atoms with Gasteiger partial charge in [-0.3, -0.25) is 5.41 Å². The van der Waals surface area contributed by atoms with E-state index in [1.807, 2.05) is 25.8 Å². The van der Waals surface area contributed by atoms with E-state index in [0.717, 1.165) is 6.54 Å². The molecule has 2 nitrogen and oxygen atoms in total. The van der Waals surface area contributed by atoms with Gasteiger partial charge in [0.05, 0.1) is 5.84 Å². The Bertz CT molecular complexity index is 127. The Morgan fingerprint density at radius 2 is 2.20 bits per heavy atom. The van der Waals surface area contributed by atoms with Gasteiger partial charge in [-0.15, -0.1) is 6.58 Å². The highest BCUT2D eigenvalue weighted by molar-refractivity contribution is 5.80. The van der Waals surface area contributed by atoms with Crippen molar-refractivity contribution >= 4 is 5.84 Å². The highest BCUT2D eigenvalue weighted by Gasteiger charge is 2.05. The molecule has 0 rings (SSSR count). The van der Waals surface area contributed by atoms with E-state index in [2.05, 4.69) is 6.58 Å².